The zero-order valence-corrected chi connectivity index (χ0v) is 4.11. The fourth-order valence-corrected chi connectivity index (χ4v) is 0.335. The molecular weight excluding hydrogens is 133 g/mol. The molecule has 0 unspecified atom stereocenters. The number of aromatic nitrogens is 2. The average molecular weight is 138 g/mol. The third kappa shape index (κ3) is 1.22. The Morgan fingerprint density at radius 1 is 1.78 bits per heavy atom. The van der Waals surface area contributed by atoms with E-state index in [4.69, 9.17) is 2.78 Å². The van der Waals surface area contributed by atoms with Crippen LogP contribution in [0.5, 0.6) is 0 Å². The molecule has 0 bridgehead atoms. The maximum absolute atomic E-state index is 11.8. The molecule has 1 N–H and O–H groups in total. The van der Waals surface area contributed by atoms with Crippen LogP contribution < -0.4 is 0 Å². The maximum Gasteiger partial charge on any atom is 0.419 e. The first kappa shape index (κ1) is 3.92. The third-order valence-corrected chi connectivity index (χ3v) is 0.720. The van der Waals surface area contributed by atoms with Crippen molar-refractivity contribution in [3.05, 3.63) is 17.9 Å². The first-order chi connectivity index (χ1) is 4.91. The summed E-state index contributed by atoms with van der Waals surface area (Å²) in [5, 5.41) is 3.12. The van der Waals surface area contributed by atoms with Gasteiger partial charge in [-0.05, 0) is 0 Å². The highest BCUT2D eigenvalue weighted by molar-refractivity contribution is 5.06. The number of nitrogens with one attached hydrogen (secondary N) is 1. The molecule has 1 heterocycles. The zero-order chi connectivity index (χ0) is 8.65. The van der Waals surface area contributed by atoms with Gasteiger partial charge in [-0.2, -0.15) is 18.3 Å². The van der Waals surface area contributed by atoms with Gasteiger partial charge in [-0.3, -0.25) is 5.09 Å². The van der Waals surface area contributed by atoms with E-state index in [1.165, 1.54) is 0 Å². The molecule has 0 saturated heterocycles. The lowest BCUT2D eigenvalue weighted by Gasteiger charge is -1.98. The van der Waals surface area contributed by atoms with Crippen molar-refractivity contribution < 1.29 is 16.0 Å². The number of hydrogen-bond donors (Lipinski definition) is 1. The summed E-state index contributed by atoms with van der Waals surface area (Å²) in [6, 6.07) is 0. The van der Waals surface area contributed by atoms with Crippen molar-refractivity contribution in [3.8, 4) is 0 Å². The molecule has 0 aromatic carbocycles. The van der Waals surface area contributed by atoms with Gasteiger partial charge in [-0.1, -0.05) is 0 Å². The zero-order valence-electron chi connectivity index (χ0n) is 6.11. The lowest BCUT2D eigenvalue weighted by molar-refractivity contribution is -0.137. The van der Waals surface area contributed by atoms with Crippen LogP contribution in [0.3, 0.4) is 0 Å². The molecular formula is C4H3F3N2. The van der Waals surface area contributed by atoms with Crippen LogP contribution in [-0.2, 0) is 6.18 Å². The fourth-order valence-electron chi connectivity index (χ4n) is 0.335. The van der Waals surface area contributed by atoms with Crippen molar-refractivity contribution in [1.82, 2.24) is 10.2 Å². The predicted molar refractivity (Wildman–Crippen MR) is 23.6 cm³/mol. The second-order valence-corrected chi connectivity index (χ2v) is 1.37. The molecule has 1 aromatic heterocycles. The molecule has 0 aliphatic carbocycles. The largest absolute Gasteiger partial charge is 0.419 e. The Bertz CT molecular complexity index is 267. The van der Waals surface area contributed by atoms with Gasteiger partial charge < -0.3 is 0 Å². The number of halogens is 3. The number of aromatic amines is 1. The van der Waals surface area contributed by atoms with Crippen molar-refractivity contribution in [2.75, 3.05) is 0 Å². The van der Waals surface area contributed by atoms with E-state index in [0.717, 1.165) is 0 Å². The van der Waals surface area contributed by atoms with Crippen molar-refractivity contribution in [1.29, 1.82) is 0 Å². The van der Waals surface area contributed by atoms with Gasteiger partial charge in [0, 0.05) is 6.20 Å². The number of H-pyrrole nitrogens is 1. The highest BCUT2D eigenvalue weighted by Gasteiger charge is 2.31. The lowest BCUT2D eigenvalue weighted by Crippen LogP contribution is -2.01. The Labute approximate surface area is 51.6 Å². The van der Waals surface area contributed by atoms with Crippen molar-refractivity contribution in [3.63, 3.8) is 0 Å². The normalized spacial score (nSPS) is 15.0. The van der Waals surface area contributed by atoms with E-state index in [0.29, 0.717) is 6.20 Å². The molecule has 0 aliphatic heterocycles. The van der Waals surface area contributed by atoms with Crippen LogP contribution in [0.25, 0.3) is 0 Å². The molecule has 0 amide bonds. The van der Waals surface area contributed by atoms with Gasteiger partial charge in [-0.15, -0.1) is 0 Å². The van der Waals surface area contributed by atoms with Crippen molar-refractivity contribution in [2.45, 2.75) is 6.18 Å². The smallest absolute Gasteiger partial charge is 0.285 e. The van der Waals surface area contributed by atoms with Gasteiger partial charge in [0.05, 0.1) is 13.1 Å². The van der Waals surface area contributed by atoms with E-state index in [-0.39, 0.29) is 5.09 Å². The first-order valence-electron chi connectivity index (χ1n) is 2.98. The summed E-state index contributed by atoms with van der Waals surface area (Å²) in [7, 11) is 0. The summed E-state index contributed by atoms with van der Waals surface area (Å²) < 4.78 is 48.7. The van der Waals surface area contributed by atoms with Crippen LogP contribution in [0.4, 0.5) is 13.2 Å². The van der Waals surface area contributed by atoms with E-state index >= 15 is 0 Å². The van der Waals surface area contributed by atoms with Gasteiger partial charge in [-0.25, -0.2) is 0 Å². The van der Waals surface area contributed by atoms with Crippen LogP contribution >= 0.6 is 0 Å². The highest BCUT2D eigenvalue weighted by atomic mass is 19.4. The van der Waals surface area contributed by atoms with Crippen molar-refractivity contribution in [2.24, 2.45) is 0 Å². The number of hydrogen-bond acceptors (Lipinski definition) is 1. The Balaban J connectivity index is 3.13. The Morgan fingerprint density at radius 2 is 2.44 bits per heavy atom. The Morgan fingerprint density at radius 3 is 2.67 bits per heavy atom. The van der Waals surface area contributed by atoms with E-state index in [9.17, 15) is 13.2 Å². The molecule has 50 valence electrons. The second-order valence-electron chi connectivity index (χ2n) is 1.37. The molecule has 9 heavy (non-hydrogen) atoms. The quantitative estimate of drug-likeness (QED) is 0.577. The number of rotatable bonds is 0. The van der Waals surface area contributed by atoms with Gasteiger partial charge in [0.1, 0.15) is 0 Å². The van der Waals surface area contributed by atoms with Gasteiger partial charge in [0.2, 0.25) is 0 Å². The average Bonchev–Trinajstić information content (AvgIpc) is 2.08. The van der Waals surface area contributed by atoms with Gasteiger partial charge in [0.15, 0.2) is 1.41 Å². The van der Waals surface area contributed by atoms with E-state index in [1.807, 2.05) is 0 Å². The Hall–Kier alpha value is -1.00. The van der Waals surface area contributed by atoms with Gasteiger partial charge >= 0.3 is 6.18 Å². The van der Waals surface area contributed by atoms with Crippen LogP contribution in [0.2, 0.25) is 1.41 Å². The third-order valence-electron chi connectivity index (χ3n) is 0.720. The molecule has 0 fully saturated rings. The molecule has 1 rings (SSSR count). The number of alkyl halides is 3. The summed E-state index contributed by atoms with van der Waals surface area (Å²) in [5.41, 5.74) is -1.19. The van der Waals surface area contributed by atoms with E-state index in [2.05, 4.69) is 5.10 Å². The summed E-state index contributed by atoms with van der Waals surface area (Å²) in [4.78, 5) is 0. The topological polar surface area (TPSA) is 28.7 Å². The molecule has 0 spiro atoms. The van der Waals surface area contributed by atoms with Crippen molar-refractivity contribution >= 4 is 0 Å². The minimum Gasteiger partial charge on any atom is -0.285 e. The SMILES string of the molecule is [2H]c1nn([2H])cc1C(F)(F)F. The predicted octanol–water partition coefficient (Wildman–Crippen LogP) is 1.43. The van der Waals surface area contributed by atoms with Crippen LogP contribution in [0.1, 0.15) is 6.93 Å². The summed E-state index contributed by atoms with van der Waals surface area (Å²) >= 11 is 0. The maximum atomic E-state index is 11.8. The van der Waals surface area contributed by atoms with Crippen LogP contribution in [0.15, 0.2) is 12.4 Å². The first-order valence-corrected chi connectivity index (χ1v) is 2.04. The summed E-state index contributed by atoms with van der Waals surface area (Å²) in [6.07, 6.45) is -5.06. The molecule has 0 aliphatic rings. The van der Waals surface area contributed by atoms with Crippen LogP contribution in [-0.4, -0.2) is 10.2 Å². The second kappa shape index (κ2) is 1.75. The highest BCUT2D eigenvalue weighted by Crippen LogP contribution is 2.27. The molecule has 0 saturated carbocycles. The van der Waals surface area contributed by atoms with E-state index < -0.39 is 17.9 Å². The standard InChI is InChI=1S/C4H3F3N2/c5-4(6,7)3-1-8-9-2-3/h1-2H,(H,8,9)/i1D/hD. The fraction of sp³-hybridized carbons (Fsp3) is 0.250. The summed E-state index contributed by atoms with van der Waals surface area (Å²) in [5.74, 6) is 0. The van der Waals surface area contributed by atoms with E-state index in [1.54, 1.807) is 0 Å². The molecule has 2 nitrogen and oxygen atoms in total. The molecule has 5 heteroatoms. The molecule has 1 aromatic rings. The number of nitrogens with zero attached hydrogens (tertiary/aromatic N) is 1. The minimum absolute atomic E-state index is 0.213. The monoisotopic (exact) mass is 138 g/mol. The minimum atomic E-state index is -4.59. The molecule has 0 radical (unpaired) electrons. The lowest BCUT2D eigenvalue weighted by atomic mass is 10.4. The molecule has 0 atom stereocenters. The van der Waals surface area contributed by atoms with Crippen LogP contribution in [0, 0.1) is 0 Å². The van der Waals surface area contributed by atoms with Gasteiger partial charge in [0.25, 0.3) is 0 Å². The Kier molecular flexibility index (Phi) is 0.762. The summed E-state index contributed by atoms with van der Waals surface area (Å²) in [6.45, 7) is 0.